The zero-order valence-electron chi connectivity index (χ0n) is 9.74. The second-order valence-electron chi connectivity index (χ2n) is 3.90. The molecule has 0 amide bonds. The van der Waals surface area contributed by atoms with E-state index in [0.29, 0.717) is 6.04 Å². The summed E-state index contributed by atoms with van der Waals surface area (Å²) in [5.41, 5.74) is 0. The first-order valence-corrected chi connectivity index (χ1v) is 6.64. The number of hydrogen-bond donors (Lipinski definition) is 0. The third-order valence-electron chi connectivity index (χ3n) is 2.60. The van der Waals surface area contributed by atoms with Crippen molar-refractivity contribution >= 4 is 0 Å². The Morgan fingerprint density at radius 3 is 2.57 bits per heavy atom. The minimum absolute atomic E-state index is 0. The van der Waals surface area contributed by atoms with Crippen LogP contribution in [0.2, 0.25) is 0 Å². The molecule has 3 heteroatoms. The first-order valence-electron chi connectivity index (χ1n) is 5.39. The van der Waals surface area contributed by atoms with Gasteiger partial charge in [-0.25, -0.2) is 0 Å². The van der Waals surface area contributed by atoms with E-state index in [2.05, 4.69) is 21.4 Å². The zero-order valence-corrected chi connectivity index (χ0v) is 11.1. The van der Waals surface area contributed by atoms with E-state index in [-0.39, 0.29) is 23.3 Å². The molecular formula is C11H23N2V-. The molecule has 0 aromatic carbocycles. The number of nitrogens with zero attached hydrogens (tertiary/aromatic N) is 2. The summed E-state index contributed by atoms with van der Waals surface area (Å²) < 4.78 is 8.92. The van der Waals surface area contributed by atoms with Gasteiger partial charge >= 0.3 is 88.0 Å². The first kappa shape index (κ1) is 14.2. The molecule has 0 radical (unpaired) electrons. The molecule has 1 fully saturated rings. The quantitative estimate of drug-likeness (QED) is 0.659. The monoisotopic (exact) mass is 234 g/mol. The number of hydrogen-bond acceptors (Lipinski definition) is 2. The van der Waals surface area contributed by atoms with E-state index in [1.807, 2.05) is 0 Å². The van der Waals surface area contributed by atoms with Crippen LogP contribution in [0.15, 0.2) is 7.58 Å². The van der Waals surface area contributed by atoms with E-state index in [1.165, 1.54) is 32.1 Å². The van der Waals surface area contributed by atoms with Crippen molar-refractivity contribution in [2.24, 2.45) is 13.5 Å². The minimum Gasteiger partial charge on any atom is -0.358 e. The summed E-state index contributed by atoms with van der Waals surface area (Å²) in [4.78, 5) is 0. The summed E-state index contributed by atoms with van der Waals surface area (Å²) in [5.74, 6) is 0.974. The van der Waals surface area contributed by atoms with Gasteiger partial charge in [0.05, 0.1) is 0 Å². The van der Waals surface area contributed by atoms with Crippen molar-refractivity contribution in [1.82, 2.24) is 0 Å². The standard InChI is InChI=1S/C8H15N.C2H5N.CH3.V/c1-7(9)6-8-4-2-3-5-8;1-2-3;;/h7-8H,2-6H2,1H3;2H2,1H3;1H3;/q;;-1;. The molecule has 0 N–H and O–H groups in total. The van der Waals surface area contributed by atoms with E-state index < -0.39 is 0 Å². The molecule has 1 unspecified atom stereocenters. The van der Waals surface area contributed by atoms with Crippen molar-refractivity contribution in [3.05, 3.63) is 7.43 Å². The third-order valence-corrected chi connectivity index (χ3v) is 4.02. The van der Waals surface area contributed by atoms with Gasteiger partial charge in [-0.15, -0.1) is 0 Å². The van der Waals surface area contributed by atoms with Crippen molar-refractivity contribution in [3.8, 4) is 0 Å². The normalized spacial score (nSPS) is 18.1. The minimum atomic E-state index is -0.0546. The van der Waals surface area contributed by atoms with E-state index in [9.17, 15) is 0 Å². The van der Waals surface area contributed by atoms with Gasteiger partial charge in [-0.05, 0) is 0 Å². The maximum Gasteiger partial charge on any atom is -0.358 e. The van der Waals surface area contributed by atoms with Gasteiger partial charge < -0.3 is 7.43 Å². The van der Waals surface area contributed by atoms with Gasteiger partial charge in [0.2, 0.25) is 0 Å². The second-order valence-corrected chi connectivity index (χ2v) is 4.98. The van der Waals surface area contributed by atoms with Crippen LogP contribution in [-0.2, 0) is 15.9 Å². The second kappa shape index (κ2) is 8.49. The average Bonchev–Trinajstić information content (AvgIpc) is 2.57. The molecule has 1 atom stereocenters. The fourth-order valence-electron chi connectivity index (χ4n) is 1.96. The Bertz CT molecular complexity index is 191. The van der Waals surface area contributed by atoms with Crippen LogP contribution in [0.5, 0.6) is 0 Å². The predicted molar refractivity (Wildman–Crippen MR) is 57.8 cm³/mol. The Labute approximate surface area is 95.6 Å². The summed E-state index contributed by atoms with van der Waals surface area (Å²) in [6, 6.07) is 0.568. The van der Waals surface area contributed by atoms with E-state index in [0.717, 1.165) is 12.5 Å². The van der Waals surface area contributed by atoms with Gasteiger partial charge in [0.1, 0.15) is 0 Å². The van der Waals surface area contributed by atoms with Crippen LogP contribution >= 0.6 is 0 Å². The molecule has 14 heavy (non-hydrogen) atoms. The van der Waals surface area contributed by atoms with Crippen molar-refractivity contribution < 1.29 is 15.9 Å². The van der Waals surface area contributed by atoms with Crippen molar-refractivity contribution in [1.29, 1.82) is 0 Å². The fraction of sp³-hybridized carbons (Fsp3) is 0.909. The summed E-state index contributed by atoms with van der Waals surface area (Å²) in [5, 5.41) is 0. The third kappa shape index (κ3) is 5.82. The average molecular weight is 234 g/mol. The van der Waals surface area contributed by atoms with Crippen LogP contribution in [0, 0.1) is 13.3 Å². The molecular weight excluding hydrogens is 211 g/mol. The molecule has 0 bridgehead atoms. The maximum absolute atomic E-state index is 4.60. The Balaban J connectivity index is 0.00000169. The van der Waals surface area contributed by atoms with Crippen LogP contribution in [0.4, 0.5) is 0 Å². The molecule has 0 heterocycles. The summed E-state index contributed by atoms with van der Waals surface area (Å²) in [7, 11) is 0. The zero-order chi connectivity index (χ0) is 9.52. The Hall–Kier alpha value is 0.184. The van der Waals surface area contributed by atoms with Crippen LogP contribution in [-0.4, -0.2) is 12.6 Å². The molecule has 1 aliphatic rings. The summed E-state index contributed by atoms with van der Waals surface area (Å²) in [6.45, 7) is 5.28. The van der Waals surface area contributed by atoms with E-state index in [1.54, 1.807) is 0 Å². The largest absolute Gasteiger partial charge is 0.358 e. The van der Waals surface area contributed by atoms with Crippen LogP contribution in [0.1, 0.15) is 46.0 Å². The first-order chi connectivity index (χ1) is 6.33. The van der Waals surface area contributed by atoms with Crippen LogP contribution in [0.3, 0.4) is 0 Å². The Morgan fingerprint density at radius 2 is 2.00 bits per heavy atom. The molecule has 0 aromatic rings. The van der Waals surface area contributed by atoms with E-state index in [4.69, 9.17) is 0 Å². The smallest absolute Gasteiger partial charge is 0.358 e. The molecule has 0 aliphatic heterocycles. The van der Waals surface area contributed by atoms with Crippen LogP contribution in [0.25, 0.3) is 0 Å². The molecule has 0 saturated heterocycles. The molecule has 83 valence electrons. The molecule has 0 spiro atoms. The van der Waals surface area contributed by atoms with Crippen molar-refractivity contribution in [3.63, 3.8) is 0 Å². The maximum atomic E-state index is 4.60. The predicted octanol–water partition coefficient (Wildman–Crippen LogP) is 3.88. The molecule has 2 nitrogen and oxygen atoms in total. The summed E-state index contributed by atoms with van der Waals surface area (Å²) >= 11 is -0.0546. The molecule has 0 aromatic heterocycles. The molecule has 1 rings (SSSR count). The van der Waals surface area contributed by atoms with Crippen molar-refractivity contribution in [2.45, 2.75) is 52.0 Å². The van der Waals surface area contributed by atoms with Gasteiger partial charge in [0.15, 0.2) is 0 Å². The molecule has 1 saturated carbocycles. The Morgan fingerprint density at radius 1 is 1.36 bits per heavy atom. The summed E-state index contributed by atoms with van der Waals surface area (Å²) in [6.07, 6.45) is 7.10. The number of rotatable bonds is 4. The van der Waals surface area contributed by atoms with Crippen LogP contribution < -0.4 is 0 Å². The van der Waals surface area contributed by atoms with Crippen molar-refractivity contribution in [2.75, 3.05) is 6.54 Å². The van der Waals surface area contributed by atoms with Gasteiger partial charge in [0.25, 0.3) is 0 Å². The SMILES string of the molecule is CC[N]=[V]=[N]C(C)CC1CCCC1.[CH3-]. The van der Waals surface area contributed by atoms with Gasteiger partial charge in [0, 0.05) is 0 Å². The van der Waals surface area contributed by atoms with E-state index >= 15 is 0 Å². The van der Waals surface area contributed by atoms with Gasteiger partial charge in [-0.1, -0.05) is 0 Å². The Kier molecular flexibility index (Phi) is 8.60. The molecule has 1 aliphatic carbocycles. The fourth-order valence-corrected chi connectivity index (χ4v) is 2.70. The van der Waals surface area contributed by atoms with Gasteiger partial charge in [-0.3, -0.25) is 0 Å². The van der Waals surface area contributed by atoms with Gasteiger partial charge in [-0.2, -0.15) is 0 Å². The topological polar surface area (TPSA) is 24.7 Å².